The van der Waals surface area contributed by atoms with E-state index in [0.717, 1.165) is 11.4 Å². The predicted molar refractivity (Wildman–Crippen MR) is 92.7 cm³/mol. The van der Waals surface area contributed by atoms with Crippen molar-refractivity contribution >= 4 is 5.91 Å². The number of aromatic nitrogens is 5. The molecule has 1 atom stereocenters. The topological polar surface area (TPSA) is 86.0 Å². The van der Waals surface area contributed by atoms with Crippen LogP contribution in [0.4, 0.5) is 0 Å². The molecule has 1 aliphatic rings. The predicted octanol–water partition coefficient (Wildman–Crippen LogP) is 1.58. The first-order chi connectivity index (χ1) is 12.7. The summed E-state index contributed by atoms with van der Waals surface area (Å²) in [6, 6.07) is 9.24. The Bertz CT molecular complexity index is 912. The van der Waals surface area contributed by atoms with Gasteiger partial charge in [-0.1, -0.05) is 6.07 Å². The maximum Gasteiger partial charge on any atom is 0.254 e. The highest BCUT2D eigenvalue weighted by molar-refractivity contribution is 5.94. The summed E-state index contributed by atoms with van der Waals surface area (Å²) in [5, 5.41) is 7.60. The van der Waals surface area contributed by atoms with Crippen molar-refractivity contribution < 1.29 is 9.53 Å². The van der Waals surface area contributed by atoms with Gasteiger partial charge in [-0.3, -0.25) is 9.36 Å². The maximum atomic E-state index is 13.0. The number of benzene rings is 1. The van der Waals surface area contributed by atoms with Crippen molar-refractivity contribution in [3.63, 3.8) is 0 Å². The van der Waals surface area contributed by atoms with Gasteiger partial charge in [0.15, 0.2) is 5.82 Å². The maximum absolute atomic E-state index is 13.0. The lowest BCUT2D eigenvalue weighted by Crippen LogP contribution is -2.42. The summed E-state index contributed by atoms with van der Waals surface area (Å²) in [6.07, 6.45) is 4.60. The van der Waals surface area contributed by atoms with Crippen molar-refractivity contribution in [2.45, 2.75) is 13.0 Å². The molecule has 1 saturated heterocycles. The van der Waals surface area contributed by atoms with E-state index in [1.807, 2.05) is 37.3 Å². The normalized spacial score (nSPS) is 17.3. The molecule has 0 N–H and O–H groups in total. The first-order valence-corrected chi connectivity index (χ1v) is 8.36. The summed E-state index contributed by atoms with van der Waals surface area (Å²) in [5.74, 6) is 0.571. The second-order valence-corrected chi connectivity index (χ2v) is 6.09. The molecule has 0 aliphatic carbocycles. The van der Waals surface area contributed by atoms with Crippen molar-refractivity contribution in [1.29, 1.82) is 0 Å². The molecule has 4 rings (SSSR count). The van der Waals surface area contributed by atoms with Gasteiger partial charge >= 0.3 is 0 Å². The van der Waals surface area contributed by atoms with E-state index in [1.54, 1.807) is 28.3 Å². The summed E-state index contributed by atoms with van der Waals surface area (Å²) >= 11 is 0. The van der Waals surface area contributed by atoms with Gasteiger partial charge < -0.3 is 9.64 Å². The van der Waals surface area contributed by atoms with Crippen molar-refractivity contribution in [3.8, 4) is 5.69 Å². The van der Waals surface area contributed by atoms with Gasteiger partial charge in [0.05, 0.1) is 13.2 Å². The highest BCUT2D eigenvalue weighted by Gasteiger charge is 2.28. The Balaban J connectivity index is 1.54. The van der Waals surface area contributed by atoms with Crippen LogP contribution in [0.25, 0.3) is 5.69 Å². The molecule has 0 saturated carbocycles. The quantitative estimate of drug-likeness (QED) is 0.713. The fourth-order valence-corrected chi connectivity index (χ4v) is 2.93. The number of hydrogen-bond donors (Lipinski definition) is 0. The number of carbonyl (C=O) groups excluding carboxylic acids is 1. The molecule has 1 aliphatic heterocycles. The summed E-state index contributed by atoms with van der Waals surface area (Å²) in [5.41, 5.74) is 2.33. The Morgan fingerprint density at radius 3 is 2.88 bits per heavy atom. The third-order valence-electron chi connectivity index (χ3n) is 4.27. The number of hydrogen-bond acceptors (Lipinski definition) is 6. The Morgan fingerprint density at radius 1 is 1.23 bits per heavy atom. The van der Waals surface area contributed by atoms with Crippen LogP contribution in [0.1, 0.15) is 28.0 Å². The monoisotopic (exact) mass is 350 g/mol. The van der Waals surface area contributed by atoms with Crippen molar-refractivity contribution in [2.24, 2.45) is 0 Å². The van der Waals surface area contributed by atoms with E-state index in [-0.39, 0.29) is 12.0 Å². The number of aryl methyl sites for hydroxylation is 1. The van der Waals surface area contributed by atoms with Crippen LogP contribution in [0, 0.1) is 6.92 Å². The third-order valence-corrected chi connectivity index (χ3v) is 4.27. The van der Waals surface area contributed by atoms with Gasteiger partial charge in [-0.05, 0) is 31.2 Å². The van der Waals surface area contributed by atoms with E-state index in [1.165, 1.54) is 0 Å². The average molecular weight is 350 g/mol. The van der Waals surface area contributed by atoms with Crippen LogP contribution >= 0.6 is 0 Å². The summed E-state index contributed by atoms with van der Waals surface area (Å²) in [7, 11) is 0. The van der Waals surface area contributed by atoms with E-state index < -0.39 is 0 Å². The number of nitrogens with zero attached hydrogens (tertiary/aromatic N) is 6. The minimum Gasteiger partial charge on any atom is -0.367 e. The van der Waals surface area contributed by atoms with Gasteiger partial charge in [0.25, 0.3) is 5.91 Å². The Morgan fingerprint density at radius 2 is 2.08 bits per heavy atom. The van der Waals surface area contributed by atoms with E-state index in [0.29, 0.717) is 31.1 Å². The Kier molecular flexibility index (Phi) is 4.40. The number of carbonyl (C=O) groups is 1. The van der Waals surface area contributed by atoms with E-state index >= 15 is 0 Å². The number of rotatable bonds is 3. The van der Waals surface area contributed by atoms with Crippen LogP contribution in [0.2, 0.25) is 0 Å². The first-order valence-electron chi connectivity index (χ1n) is 8.36. The zero-order chi connectivity index (χ0) is 17.9. The number of amides is 1. The van der Waals surface area contributed by atoms with Crippen LogP contribution in [-0.2, 0) is 4.74 Å². The molecule has 1 amide bonds. The molecule has 2 aromatic heterocycles. The molecular weight excluding hydrogens is 332 g/mol. The molecule has 0 spiro atoms. The largest absolute Gasteiger partial charge is 0.367 e. The van der Waals surface area contributed by atoms with Crippen LogP contribution in [0.5, 0.6) is 0 Å². The summed E-state index contributed by atoms with van der Waals surface area (Å²) < 4.78 is 7.54. The molecule has 0 radical (unpaired) electrons. The molecule has 0 bridgehead atoms. The molecule has 8 nitrogen and oxygen atoms in total. The standard InChI is InChI=1S/C18H18N6O2/c1-13-5-6-19-17(22-13)16-10-23(7-8-26-16)18(25)14-3-2-4-15(9-14)24-11-20-21-12-24/h2-6,9,11-12,16H,7-8,10H2,1H3/t16-/m1/s1. The fourth-order valence-electron chi connectivity index (χ4n) is 2.93. The highest BCUT2D eigenvalue weighted by atomic mass is 16.5. The summed E-state index contributed by atoms with van der Waals surface area (Å²) in [6.45, 7) is 3.34. The number of ether oxygens (including phenoxy) is 1. The van der Waals surface area contributed by atoms with Crippen molar-refractivity contribution in [1.82, 2.24) is 29.6 Å². The summed E-state index contributed by atoms with van der Waals surface area (Å²) in [4.78, 5) is 23.4. The van der Waals surface area contributed by atoms with Gasteiger partial charge in [0.2, 0.25) is 0 Å². The van der Waals surface area contributed by atoms with E-state index in [4.69, 9.17) is 4.74 Å². The molecule has 8 heteroatoms. The minimum absolute atomic E-state index is 0.0409. The van der Waals surface area contributed by atoms with E-state index in [9.17, 15) is 4.79 Å². The Labute approximate surface area is 150 Å². The van der Waals surface area contributed by atoms with Crippen LogP contribution < -0.4 is 0 Å². The minimum atomic E-state index is -0.311. The van der Waals surface area contributed by atoms with Gasteiger partial charge in [0, 0.05) is 29.7 Å². The Hall–Kier alpha value is -3.13. The van der Waals surface area contributed by atoms with Gasteiger partial charge in [0.1, 0.15) is 18.8 Å². The first kappa shape index (κ1) is 16.3. The second kappa shape index (κ2) is 7.01. The fraction of sp³-hybridized carbons (Fsp3) is 0.278. The molecule has 1 aromatic carbocycles. The van der Waals surface area contributed by atoms with Gasteiger partial charge in [-0.2, -0.15) is 0 Å². The average Bonchev–Trinajstić information content (AvgIpc) is 3.22. The van der Waals surface area contributed by atoms with Crippen LogP contribution in [0.15, 0.2) is 49.2 Å². The number of morpholine rings is 1. The van der Waals surface area contributed by atoms with Crippen molar-refractivity contribution in [2.75, 3.05) is 19.7 Å². The SMILES string of the molecule is Cc1ccnc([C@H]2CN(C(=O)c3cccc(-n4cnnc4)c3)CCO2)n1. The van der Waals surface area contributed by atoms with Crippen molar-refractivity contribution in [3.05, 3.63) is 66.3 Å². The van der Waals surface area contributed by atoms with Gasteiger partial charge in [-0.25, -0.2) is 9.97 Å². The lowest BCUT2D eigenvalue weighted by atomic mass is 10.1. The second-order valence-electron chi connectivity index (χ2n) is 6.09. The molecule has 0 unspecified atom stereocenters. The highest BCUT2D eigenvalue weighted by Crippen LogP contribution is 2.21. The molecular formula is C18H18N6O2. The zero-order valence-electron chi connectivity index (χ0n) is 14.3. The lowest BCUT2D eigenvalue weighted by Gasteiger charge is -2.32. The third kappa shape index (κ3) is 3.31. The van der Waals surface area contributed by atoms with Crippen LogP contribution in [-0.4, -0.2) is 55.2 Å². The molecule has 26 heavy (non-hydrogen) atoms. The zero-order valence-corrected chi connectivity index (χ0v) is 14.3. The molecule has 3 aromatic rings. The molecule has 132 valence electrons. The lowest BCUT2D eigenvalue weighted by molar-refractivity contribution is -0.0268. The van der Waals surface area contributed by atoms with Gasteiger partial charge in [-0.15, -0.1) is 10.2 Å². The van der Waals surface area contributed by atoms with Crippen LogP contribution in [0.3, 0.4) is 0 Å². The molecule has 1 fully saturated rings. The molecule has 3 heterocycles. The smallest absolute Gasteiger partial charge is 0.254 e. The van der Waals surface area contributed by atoms with E-state index in [2.05, 4.69) is 20.2 Å².